The minimum Gasteiger partial charge on any atom is -0.481 e. The first-order valence-corrected chi connectivity index (χ1v) is 7.66. The van der Waals surface area contributed by atoms with Crippen LogP contribution in [0.1, 0.15) is 13.3 Å². The lowest BCUT2D eigenvalue weighted by atomic mass is 10.2. The van der Waals surface area contributed by atoms with E-state index in [1.165, 1.54) is 11.8 Å². The zero-order chi connectivity index (χ0) is 15.5. The lowest BCUT2D eigenvalue weighted by Crippen LogP contribution is -2.56. The van der Waals surface area contributed by atoms with Crippen LogP contribution in [-0.2, 0) is 19.4 Å². The molecule has 1 aliphatic rings. The van der Waals surface area contributed by atoms with Crippen LogP contribution in [0.2, 0.25) is 0 Å². The topological polar surface area (TPSA) is 141 Å². The number of hydrogen-bond donors (Lipinski definition) is 3. The molecule has 1 fully saturated rings. The van der Waals surface area contributed by atoms with Crippen LogP contribution in [0.5, 0.6) is 0 Å². The molecule has 0 saturated carbocycles. The maximum absolute atomic E-state index is 11.9. The van der Waals surface area contributed by atoms with Crippen molar-refractivity contribution in [1.29, 1.82) is 0 Å². The molecule has 0 radical (unpaired) electrons. The average Bonchev–Trinajstić information content (AvgIpc) is 2.25. The van der Waals surface area contributed by atoms with Gasteiger partial charge in [0.1, 0.15) is 6.04 Å². The van der Waals surface area contributed by atoms with Gasteiger partial charge in [0.15, 0.2) is 9.84 Å². The Hall–Kier alpha value is -1.84. The molecule has 0 spiro atoms. The van der Waals surface area contributed by atoms with Crippen LogP contribution in [0, 0.1) is 0 Å². The molecule has 2 atom stereocenters. The van der Waals surface area contributed by atoms with E-state index in [2.05, 4.69) is 5.32 Å². The Labute approximate surface area is 115 Å². The highest BCUT2D eigenvalue weighted by molar-refractivity contribution is 7.91. The molecule has 0 aromatic rings. The van der Waals surface area contributed by atoms with E-state index in [0.717, 1.165) is 0 Å². The van der Waals surface area contributed by atoms with E-state index in [4.69, 9.17) is 10.2 Å². The second-order valence-corrected chi connectivity index (χ2v) is 6.82. The Bertz CT molecular complexity index is 516. The fraction of sp³-hybridized carbons (Fsp3) is 0.700. The van der Waals surface area contributed by atoms with E-state index in [9.17, 15) is 22.8 Å². The van der Waals surface area contributed by atoms with Gasteiger partial charge in [-0.3, -0.25) is 4.79 Å². The molecule has 3 N–H and O–H groups in total. The summed E-state index contributed by atoms with van der Waals surface area (Å²) in [6.07, 6.45) is -0.748. The minimum absolute atomic E-state index is 0.0469. The number of hydrogen-bond acceptors (Lipinski definition) is 5. The Morgan fingerprint density at radius 3 is 2.40 bits per heavy atom. The summed E-state index contributed by atoms with van der Waals surface area (Å²) in [5.41, 5.74) is 0. The fourth-order valence-electron chi connectivity index (χ4n) is 1.91. The van der Waals surface area contributed by atoms with Gasteiger partial charge in [0, 0.05) is 12.6 Å². The van der Waals surface area contributed by atoms with Crippen LogP contribution >= 0.6 is 0 Å². The van der Waals surface area contributed by atoms with Crippen molar-refractivity contribution in [2.45, 2.75) is 25.4 Å². The van der Waals surface area contributed by atoms with Crippen LogP contribution in [-0.4, -0.2) is 71.6 Å². The van der Waals surface area contributed by atoms with Crippen molar-refractivity contribution in [2.75, 3.05) is 18.1 Å². The molecule has 0 aromatic heterocycles. The predicted molar refractivity (Wildman–Crippen MR) is 67.0 cm³/mol. The van der Waals surface area contributed by atoms with Crippen molar-refractivity contribution >= 4 is 27.8 Å². The van der Waals surface area contributed by atoms with Crippen LogP contribution in [0.25, 0.3) is 0 Å². The number of carbonyl (C=O) groups is 3. The summed E-state index contributed by atoms with van der Waals surface area (Å²) in [5, 5.41) is 19.5. The Balaban J connectivity index is 2.70. The second-order valence-electron chi connectivity index (χ2n) is 4.59. The van der Waals surface area contributed by atoms with Crippen molar-refractivity contribution in [3.8, 4) is 0 Å². The summed E-state index contributed by atoms with van der Waals surface area (Å²) in [7, 11) is -3.19. The zero-order valence-corrected chi connectivity index (χ0v) is 11.6. The third-order valence-corrected chi connectivity index (χ3v) is 4.70. The highest BCUT2D eigenvalue weighted by Crippen LogP contribution is 2.11. The van der Waals surface area contributed by atoms with Gasteiger partial charge in [-0.15, -0.1) is 0 Å². The summed E-state index contributed by atoms with van der Waals surface area (Å²) in [4.78, 5) is 34.4. The summed E-state index contributed by atoms with van der Waals surface area (Å²) in [5.74, 6) is -3.21. The third kappa shape index (κ3) is 4.37. The molecule has 1 rings (SSSR count). The van der Waals surface area contributed by atoms with Gasteiger partial charge in [0.25, 0.3) is 0 Å². The van der Waals surface area contributed by atoms with Gasteiger partial charge in [-0.05, 0) is 6.92 Å². The number of sulfone groups is 1. The van der Waals surface area contributed by atoms with E-state index in [1.54, 1.807) is 0 Å². The van der Waals surface area contributed by atoms with Gasteiger partial charge in [0.05, 0.1) is 17.9 Å². The fourth-order valence-corrected chi connectivity index (χ4v) is 3.46. The molecule has 0 aliphatic carbocycles. The Morgan fingerprint density at radius 1 is 1.35 bits per heavy atom. The van der Waals surface area contributed by atoms with Crippen LogP contribution in [0.15, 0.2) is 0 Å². The molecule has 114 valence electrons. The number of amides is 2. The van der Waals surface area contributed by atoms with Crippen LogP contribution in [0.4, 0.5) is 4.79 Å². The molecular formula is C10H16N2O7S. The van der Waals surface area contributed by atoms with E-state index in [1.807, 2.05) is 0 Å². The third-order valence-electron chi connectivity index (χ3n) is 2.91. The first-order valence-electron chi connectivity index (χ1n) is 5.84. The van der Waals surface area contributed by atoms with Crippen molar-refractivity contribution in [3.63, 3.8) is 0 Å². The first-order chi connectivity index (χ1) is 9.12. The summed E-state index contributed by atoms with van der Waals surface area (Å²) >= 11 is 0. The molecular weight excluding hydrogens is 292 g/mol. The molecule has 10 heteroatoms. The minimum atomic E-state index is -3.19. The Morgan fingerprint density at radius 2 is 1.95 bits per heavy atom. The average molecular weight is 308 g/mol. The standard InChI is InChI=1S/C10H16N2O7S/c1-6-5-20(18,19)3-2-12(6)10(17)11-7(9(15)16)4-8(13)14/h6-7H,2-5H2,1H3,(H,11,17)(H,13,14)(H,15,16)/t6?,7-/m1/s1. The summed E-state index contributed by atoms with van der Waals surface area (Å²) in [6.45, 7) is 1.48. The van der Waals surface area contributed by atoms with Gasteiger partial charge in [0.2, 0.25) is 0 Å². The number of urea groups is 1. The largest absolute Gasteiger partial charge is 0.481 e. The monoisotopic (exact) mass is 308 g/mol. The summed E-state index contributed by atoms with van der Waals surface area (Å²) < 4.78 is 22.7. The molecule has 0 aromatic carbocycles. The molecule has 1 unspecified atom stereocenters. The first kappa shape index (κ1) is 16.2. The van der Waals surface area contributed by atoms with Crippen molar-refractivity contribution in [3.05, 3.63) is 0 Å². The van der Waals surface area contributed by atoms with Gasteiger partial charge in [-0.2, -0.15) is 0 Å². The van der Waals surface area contributed by atoms with E-state index in [0.29, 0.717) is 0 Å². The lowest BCUT2D eigenvalue weighted by molar-refractivity contribution is -0.145. The molecule has 9 nitrogen and oxygen atoms in total. The Kier molecular flexibility index (Phi) is 4.93. The number of carboxylic acids is 2. The number of rotatable bonds is 4. The SMILES string of the molecule is CC1CS(=O)(=O)CCN1C(=O)N[C@H](CC(=O)O)C(=O)O. The lowest BCUT2D eigenvalue weighted by Gasteiger charge is -2.33. The van der Waals surface area contributed by atoms with Crippen molar-refractivity contribution in [2.24, 2.45) is 0 Å². The second kappa shape index (κ2) is 6.07. The number of aliphatic carboxylic acids is 2. The number of carboxylic acid groups (broad SMARTS) is 2. The maximum atomic E-state index is 11.9. The molecule has 20 heavy (non-hydrogen) atoms. The van der Waals surface area contributed by atoms with Gasteiger partial charge in [-0.25, -0.2) is 18.0 Å². The van der Waals surface area contributed by atoms with Gasteiger partial charge in [-0.1, -0.05) is 0 Å². The molecule has 1 heterocycles. The highest BCUT2D eigenvalue weighted by Gasteiger charge is 2.33. The van der Waals surface area contributed by atoms with E-state index < -0.39 is 46.3 Å². The molecule has 2 amide bonds. The molecule has 0 bridgehead atoms. The maximum Gasteiger partial charge on any atom is 0.326 e. The number of nitrogens with zero attached hydrogens (tertiary/aromatic N) is 1. The normalized spacial score (nSPS) is 22.9. The van der Waals surface area contributed by atoms with Crippen molar-refractivity contribution < 1.29 is 33.0 Å². The summed E-state index contributed by atoms with van der Waals surface area (Å²) in [6, 6.07) is -2.92. The van der Waals surface area contributed by atoms with Gasteiger partial charge < -0.3 is 20.4 Å². The predicted octanol–water partition coefficient (Wildman–Crippen LogP) is -1.26. The van der Waals surface area contributed by atoms with E-state index >= 15 is 0 Å². The molecule has 1 saturated heterocycles. The van der Waals surface area contributed by atoms with Crippen molar-refractivity contribution in [1.82, 2.24) is 10.2 Å². The van der Waals surface area contributed by atoms with E-state index in [-0.39, 0.29) is 18.1 Å². The van der Waals surface area contributed by atoms with Crippen LogP contribution in [0.3, 0.4) is 0 Å². The zero-order valence-electron chi connectivity index (χ0n) is 10.8. The number of carbonyl (C=O) groups excluding carboxylic acids is 1. The number of nitrogens with one attached hydrogen (secondary N) is 1. The van der Waals surface area contributed by atoms with Gasteiger partial charge >= 0.3 is 18.0 Å². The highest BCUT2D eigenvalue weighted by atomic mass is 32.2. The van der Waals surface area contributed by atoms with Crippen LogP contribution < -0.4 is 5.32 Å². The smallest absolute Gasteiger partial charge is 0.326 e. The quantitative estimate of drug-likeness (QED) is 0.588. The molecule has 1 aliphatic heterocycles.